The Hall–Kier alpha value is -5.19. The average Bonchev–Trinajstić information content (AvgIpc) is 3.02. The monoisotopic (exact) mass is 543 g/mol. The molecule has 0 saturated heterocycles. The molecule has 0 unspecified atom stereocenters. The molecule has 0 aliphatic carbocycles. The van der Waals surface area contributed by atoms with Crippen LogP contribution in [0.25, 0.3) is 0 Å². The number of aryl methyl sites for hydroxylation is 1. The van der Waals surface area contributed by atoms with Crippen LogP contribution in [0.15, 0.2) is 66.7 Å². The van der Waals surface area contributed by atoms with Gasteiger partial charge in [0.2, 0.25) is 5.91 Å². The largest absolute Gasteiger partial charge is 0.481 e. The third-order valence-electron chi connectivity index (χ3n) is 6.49. The number of para-hydroxylation sites is 1. The van der Waals surface area contributed by atoms with Crippen molar-refractivity contribution in [1.82, 2.24) is 10.2 Å². The number of hydrogen-bond acceptors (Lipinski definition) is 5. The van der Waals surface area contributed by atoms with E-state index in [1.807, 2.05) is 25.1 Å². The van der Waals surface area contributed by atoms with E-state index >= 15 is 0 Å². The summed E-state index contributed by atoms with van der Waals surface area (Å²) in [4.78, 5) is 64.3. The van der Waals surface area contributed by atoms with E-state index < -0.39 is 17.9 Å². The fraction of sp³-hybridized carbons (Fsp3) is 0.207. The van der Waals surface area contributed by atoms with Crippen molar-refractivity contribution in [1.29, 1.82) is 0 Å². The second-order valence-corrected chi connectivity index (χ2v) is 9.33. The van der Waals surface area contributed by atoms with Gasteiger partial charge in [-0.3, -0.25) is 19.2 Å². The zero-order valence-corrected chi connectivity index (χ0v) is 22.1. The van der Waals surface area contributed by atoms with Crippen molar-refractivity contribution >= 4 is 46.8 Å². The van der Waals surface area contributed by atoms with Crippen molar-refractivity contribution in [3.8, 4) is 0 Å². The van der Waals surface area contributed by atoms with E-state index in [0.29, 0.717) is 28.2 Å². The number of carbonyl (C=O) groups excluding carboxylic acids is 4. The predicted molar refractivity (Wildman–Crippen MR) is 149 cm³/mol. The van der Waals surface area contributed by atoms with Crippen molar-refractivity contribution in [3.05, 3.63) is 89.0 Å². The number of nitrogens with zero attached hydrogens (tertiary/aromatic N) is 2. The molecule has 0 aromatic heterocycles. The maximum atomic E-state index is 13.1. The van der Waals surface area contributed by atoms with Gasteiger partial charge in [-0.2, -0.15) is 0 Å². The normalized spacial score (nSPS) is 12.8. The van der Waals surface area contributed by atoms with Crippen molar-refractivity contribution in [2.45, 2.75) is 19.9 Å². The molecule has 206 valence electrons. The first-order valence-corrected chi connectivity index (χ1v) is 12.5. The molecule has 0 radical (unpaired) electrons. The molecular weight excluding hydrogens is 514 g/mol. The van der Waals surface area contributed by atoms with Crippen LogP contribution in [0.1, 0.15) is 38.3 Å². The molecule has 0 spiro atoms. The maximum Gasteiger partial charge on any atom is 0.323 e. The highest BCUT2D eigenvalue weighted by molar-refractivity contribution is 6.09. The Bertz CT molecular complexity index is 1470. The van der Waals surface area contributed by atoms with Crippen LogP contribution in [0, 0.1) is 6.92 Å². The highest BCUT2D eigenvalue weighted by Crippen LogP contribution is 2.26. The van der Waals surface area contributed by atoms with E-state index in [-0.39, 0.29) is 43.4 Å². The molecule has 3 aromatic rings. The summed E-state index contributed by atoms with van der Waals surface area (Å²) < 4.78 is 0. The number of anilines is 3. The molecule has 1 aliphatic rings. The Morgan fingerprint density at radius 3 is 2.38 bits per heavy atom. The fourth-order valence-corrected chi connectivity index (χ4v) is 4.20. The number of urea groups is 1. The lowest BCUT2D eigenvalue weighted by Gasteiger charge is -2.19. The summed E-state index contributed by atoms with van der Waals surface area (Å²) in [6.45, 7) is 1.70. The molecule has 4 rings (SSSR count). The van der Waals surface area contributed by atoms with Gasteiger partial charge in [0.25, 0.3) is 11.8 Å². The molecule has 4 N–H and O–H groups in total. The molecule has 11 heteroatoms. The third kappa shape index (κ3) is 6.62. The van der Waals surface area contributed by atoms with Gasteiger partial charge in [0.15, 0.2) is 0 Å². The van der Waals surface area contributed by atoms with Gasteiger partial charge in [-0.1, -0.05) is 24.3 Å². The van der Waals surface area contributed by atoms with Crippen LogP contribution in [0.2, 0.25) is 0 Å². The SMILES string of the molecule is Cc1ccccc1NC(=O)Nc1ccc(C(=O)NCc2ccc3c(c2)C(=O)N(CCC(=O)O)CC(=O)N3C)cc1. The Balaban J connectivity index is 1.38. The summed E-state index contributed by atoms with van der Waals surface area (Å²) in [7, 11) is 1.56. The van der Waals surface area contributed by atoms with E-state index in [0.717, 1.165) is 5.56 Å². The molecule has 11 nitrogen and oxygen atoms in total. The highest BCUT2D eigenvalue weighted by atomic mass is 16.4. The lowest BCUT2D eigenvalue weighted by molar-refractivity contribution is -0.137. The molecule has 3 aromatic carbocycles. The summed E-state index contributed by atoms with van der Waals surface area (Å²) in [5.41, 5.74) is 3.81. The lowest BCUT2D eigenvalue weighted by Crippen LogP contribution is -2.38. The topological polar surface area (TPSA) is 148 Å². The van der Waals surface area contributed by atoms with E-state index in [4.69, 9.17) is 5.11 Å². The number of fused-ring (bicyclic) bond motifs is 1. The second-order valence-electron chi connectivity index (χ2n) is 9.33. The van der Waals surface area contributed by atoms with E-state index in [1.54, 1.807) is 55.6 Å². The molecule has 0 bridgehead atoms. The molecule has 5 amide bonds. The van der Waals surface area contributed by atoms with Gasteiger partial charge < -0.3 is 30.9 Å². The summed E-state index contributed by atoms with van der Waals surface area (Å²) in [5.74, 6) is -2.20. The number of likely N-dealkylation sites (N-methyl/N-ethyl adjacent to an activating group) is 1. The zero-order valence-electron chi connectivity index (χ0n) is 22.1. The first kappa shape index (κ1) is 27.8. The first-order valence-electron chi connectivity index (χ1n) is 12.5. The van der Waals surface area contributed by atoms with Gasteiger partial charge in [-0.25, -0.2) is 4.79 Å². The van der Waals surface area contributed by atoms with Crippen molar-refractivity contribution < 1.29 is 29.1 Å². The Labute approximate surface area is 230 Å². The van der Waals surface area contributed by atoms with Gasteiger partial charge in [0, 0.05) is 37.1 Å². The highest BCUT2D eigenvalue weighted by Gasteiger charge is 2.30. The van der Waals surface area contributed by atoms with Crippen LogP contribution >= 0.6 is 0 Å². The molecule has 0 atom stereocenters. The smallest absolute Gasteiger partial charge is 0.323 e. The quantitative estimate of drug-likeness (QED) is 0.342. The Morgan fingerprint density at radius 2 is 1.68 bits per heavy atom. The molecular formula is C29H29N5O6. The lowest BCUT2D eigenvalue weighted by atomic mass is 10.1. The van der Waals surface area contributed by atoms with Crippen molar-refractivity contribution in [3.63, 3.8) is 0 Å². The summed E-state index contributed by atoms with van der Waals surface area (Å²) in [6, 6.07) is 18.3. The van der Waals surface area contributed by atoms with Crippen LogP contribution in [-0.4, -0.2) is 59.9 Å². The van der Waals surface area contributed by atoms with Crippen LogP contribution < -0.4 is 20.9 Å². The molecule has 1 heterocycles. The summed E-state index contributed by atoms with van der Waals surface area (Å²) in [5, 5.41) is 17.3. The van der Waals surface area contributed by atoms with E-state index in [1.165, 1.54) is 9.80 Å². The number of hydrogen-bond donors (Lipinski definition) is 4. The summed E-state index contributed by atoms with van der Waals surface area (Å²) >= 11 is 0. The number of benzene rings is 3. The minimum absolute atomic E-state index is 0.0907. The van der Waals surface area contributed by atoms with Crippen LogP contribution in [0.5, 0.6) is 0 Å². The zero-order chi connectivity index (χ0) is 28.8. The van der Waals surface area contributed by atoms with Crippen molar-refractivity contribution in [2.24, 2.45) is 0 Å². The standard InChI is InChI=1S/C29H29N5O6/c1-18-5-3-4-6-23(18)32-29(40)31-21-10-8-20(9-11-21)27(38)30-16-19-7-12-24-22(15-19)28(39)34(14-13-26(36)37)17-25(35)33(24)2/h3-12,15H,13-14,16-17H2,1-2H3,(H,30,38)(H,36,37)(H2,31,32,40). The number of carboxylic acids is 1. The second kappa shape index (κ2) is 12.1. The maximum absolute atomic E-state index is 13.1. The van der Waals surface area contributed by atoms with Crippen LogP contribution in [0.4, 0.5) is 21.9 Å². The van der Waals surface area contributed by atoms with Crippen LogP contribution in [-0.2, 0) is 16.1 Å². The number of amides is 5. The molecule has 1 aliphatic heterocycles. The number of rotatable bonds is 8. The molecule has 0 saturated carbocycles. The van der Waals surface area contributed by atoms with Gasteiger partial charge in [0.05, 0.1) is 17.7 Å². The van der Waals surface area contributed by atoms with E-state index in [9.17, 15) is 24.0 Å². The molecule has 0 fully saturated rings. The summed E-state index contributed by atoms with van der Waals surface area (Å²) in [6.07, 6.45) is -0.278. The Kier molecular flexibility index (Phi) is 8.43. The van der Waals surface area contributed by atoms with Crippen LogP contribution in [0.3, 0.4) is 0 Å². The van der Waals surface area contributed by atoms with E-state index in [2.05, 4.69) is 16.0 Å². The number of carbonyl (C=O) groups is 5. The number of nitrogens with one attached hydrogen (secondary N) is 3. The number of aliphatic carboxylic acids is 1. The third-order valence-corrected chi connectivity index (χ3v) is 6.49. The minimum Gasteiger partial charge on any atom is -0.481 e. The number of carboxylic acid groups (broad SMARTS) is 1. The first-order chi connectivity index (χ1) is 19.1. The van der Waals surface area contributed by atoms with Gasteiger partial charge >= 0.3 is 12.0 Å². The average molecular weight is 544 g/mol. The van der Waals surface area contributed by atoms with Gasteiger partial charge in [-0.15, -0.1) is 0 Å². The van der Waals surface area contributed by atoms with Gasteiger partial charge in [-0.05, 0) is 60.5 Å². The minimum atomic E-state index is -1.07. The van der Waals surface area contributed by atoms with Crippen molar-refractivity contribution in [2.75, 3.05) is 35.7 Å². The van der Waals surface area contributed by atoms with Gasteiger partial charge in [0.1, 0.15) is 6.54 Å². The molecule has 40 heavy (non-hydrogen) atoms. The fourth-order valence-electron chi connectivity index (χ4n) is 4.20. The predicted octanol–water partition coefficient (Wildman–Crippen LogP) is 3.46. The Morgan fingerprint density at radius 1 is 0.950 bits per heavy atom.